The minimum atomic E-state index is -1.94. The molecule has 10 heteroatoms. The molecule has 4 amide bonds. The molecule has 0 aromatic carbocycles. The third kappa shape index (κ3) is 3.05. The number of amides is 4. The van der Waals surface area contributed by atoms with Gasteiger partial charge in [0.15, 0.2) is 5.41 Å². The highest BCUT2D eigenvalue weighted by molar-refractivity contribution is 6.06. The molecule has 0 unspecified atom stereocenters. The number of carbonyl (C=O) groups is 6. The first-order chi connectivity index (χ1) is 10.6. The Morgan fingerprint density at radius 3 is 1.26 bits per heavy atom. The highest BCUT2D eigenvalue weighted by Gasteiger charge is 2.46. The van der Waals surface area contributed by atoms with Crippen molar-refractivity contribution in [3.05, 3.63) is 0 Å². The van der Waals surface area contributed by atoms with E-state index in [1.165, 1.54) is 0 Å². The lowest BCUT2D eigenvalue weighted by atomic mass is 9.94. The molecule has 23 heavy (non-hydrogen) atoms. The van der Waals surface area contributed by atoms with Crippen molar-refractivity contribution in [3.63, 3.8) is 0 Å². The van der Waals surface area contributed by atoms with E-state index in [1.807, 2.05) is 0 Å². The van der Waals surface area contributed by atoms with E-state index in [4.69, 9.17) is 0 Å². The number of imide groups is 2. The van der Waals surface area contributed by atoms with Crippen LogP contribution in [0.15, 0.2) is 0 Å². The molecule has 0 atom stereocenters. The molecule has 0 N–H and O–H groups in total. The van der Waals surface area contributed by atoms with E-state index in [-0.39, 0.29) is 25.7 Å². The molecule has 2 saturated heterocycles. The van der Waals surface area contributed by atoms with Gasteiger partial charge in [-0.3, -0.25) is 19.2 Å². The molecule has 0 radical (unpaired) electrons. The van der Waals surface area contributed by atoms with Crippen LogP contribution in [0.4, 0.5) is 0 Å². The van der Waals surface area contributed by atoms with Crippen molar-refractivity contribution in [2.45, 2.75) is 39.5 Å². The predicted octanol–water partition coefficient (Wildman–Crippen LogP) is -0.773. The number of rotatable bonds is 4. The summed E-state index contributed by atoms with van der Waals surface area (Å²) in [6.45, 7) is 2.24. The summed E-state index contributed by atoms with van der Waals surface area (Å²) in [6, 6.07) is 0. The first-order valence-electron chi connectivity index (χ1n) is 6.81. The topological polar surface area (TPSA) is 127 Å². The first-order valence-corrected chi connectivity index (χ1v) is 6.81. The van der Waals surface area contributed by atoms with Gasteiger partial charge in [-0.1, -0.05) is 0 Å². The van der Waals surface area contributed by atoms with Gasteiger partial charge in [-0.25, -0.2) is 9.59 Å². The fraction of sp³-hybridized carbons (Fsp3) is 0.538. The lowest BCUT2D eigenvalue weighted by Gasteiger charge is -2.24. The standard InChI is InChI=1S/C13H14N2O8/c1-13(2,11(20)22-14-7(16)3-4-8(14)17)12(21)23-15-9(18)5-6-10(15)19/h3-6H2,1-2H3. The largest absolute Gasteiger partial charge is 0.349 e. The third-order valence-electron chi connectivity index (χ3n) is 3.38. The van der Waals surface area contributed by atoms with Crippen molar-refractivity contribution in [1.82, 2.24) is 10.1 Å². The molecule has 2 fully saturated rings. The molecule has 0 saturated carbocycles. The summed E-state index contributed by atoms with van der Waals surface area (Å²) in [6.07, 6.45) is -0.358. The van der Waals surface area contributed by atoms with Crippen LogP contribution in [0.3, 0.4) is 0 Å². The van der Waals surface area contributed by atoms with E-state index in [1.54, 1.807) is 0 Å². The highest BCUT2D eigenvalue weighted by Crippen LogP contribution is 2.24. The number of carbonyl (C=O) groups excluding carboxylic acids is 6. The molecular weight excluding hydrogens is 312 g/mol. The van der Waals surface area contributed by atoms with Crippen LogP contribution in [0.25, 0.3) is 0 Å². The second kappa shape index (κ2) is 5.78. The van der Waals surface area contributed by atoms with Crippen LogP contribution in [-0.2, 0) is 38.4 Å². The van der Waals surface area contributed by atoms with E-state index >= 15 is 0 Å². The van der Waals surface area contributed by atoms with Gasteiger partial charge in [-0.2, -0.15) is 0 Å². The summed E-state index contributed by atoms with van der Waals surface area (Å²) in [5.41, 5.74) is -1.94. The molecule has 2 aliphatic heterocycles. The van der Waals surface area contributed by atoms with Crippen LogP contribution in [-0.4, -0.2) is 45.7 Å². The molecule has 2 heterocycles. The Balaban J connectivity index is 2.04. The van der Waals surface area contributed by atoms with Gasteiger partial charge in [0.05, 0.1) is 0 Å². The lowest BCUT2D eigenvalue weighted by Crippen LogP contribution is -2.45. The van der Waals surface area contributed by atoms with E-state index in [0.717, 1.165) is 13.8 Å². The molecule has 0 bridgehead atoms. The van der Waals surface area contributed by atoms with Crippen molar-refractivity contribution in [1.29, 1.82) is 0 Å². The summed E-state index contributed by atoms with van der Waals surface area (Å²) in [5, 5.41) is 0.590. The van der Waals surface area contributed by atoms with Gasteiger partial charge in [0.1, 0.15) is 0 Å². The lowest BCUT2D eigenvalue weighted by molar-refractivity contribution is -0.217. The van der Waals surface area contributed by atoms with Gasteiger partial charge < -0.3 is 9.68 Å². The quantitative estimate of drug-likeness (QED) is 0.486. The summed E-state index contributed by atoms with van der Waals surface area (Å²) >= 11 is 0. The zero-order valence-electron chi connectivity index (χ0n) is 12.5. The Hall–Kier alpha value is -2.78. The fourth-order valence-corrected chi connectivity index (χ4v) is 1.79. The molecular formula is C13H14N2O8. The van der Waals surface area contributed by atoms with Crippen LogP contribution >= 0.6 is 0 Å². The molecule has 10 nitrogen and oxygen atoms in total. The van der Waals surface area contributed by atoms with E-state index in [9.17, 15) is 28.8 Å². The Labute approximate surface area is 130 Å². The zero-order chi connectivity index (χ0) is 17.4. The average molecular weight is 326 g/mol. The van der Waals surface area contributed by atoms with Crippen LogP contribution in [0.2, 0.25) is 0 Å². The van der Waals surface area contributed by atoms with Crippen molar-refractivity contribution in [3.8, 4) is 0 Å². The molecule has 0 spiro atoms. The number of hydroxylamine groups is 4. The van der Waals surface area contributed by atoms with Gasteiger partial charge >= 0.3 is 11.9 Å². The van der Waals surface area contributed by atoms with E-state index < -0.39 is 41.0 Å². The maximum atomic E-state index is 12.0. The minimum Gasteiger partial charge on any atom is -0.329 e. The molecule has 2 rings (SSSR count). The number of hydrogen-bond acceptors (Lipinski definition) is 8. The van der Waals surface area contributed by atoms with Gasteiger partial charge in [-0.15, -0.1) is 10.1 Å². The smallest absolute Gasteiger partial charge is 0.329 e. The van der Waals surface area contributed by atoms with Crippen molar-refractivity contribution in [2.24, 2.45) is 5.41 Å². The highest BCUT2D eigenvalue weighted by atomic mass is 16.7. The SMILES string of the molecule is CC(C)(C(=O)ON1C(=O)CCC1=O)C(=O)ON1C(=O)CCC1=O. The first kappa shape index (κ1) is 16.6. The second-order valence-corrected chi connectivity index (χ2v) is 5.55. The van der Waals surface area contributed by atoms with Gasteiger partial charge in [0.2, 0.25) is 0 Å². The second-order valence-electron chi connectivity index (χ2n) is 5.55. The molecule has 124 valence electrons. The van der Waals surface area contributed by atoms with E-state index in [2.05, 4.69) is 9.68 Å². The fourth-order valence-electron chi connectivity index (χ4n) is 1.79. The van der Waals surface area contributed by atoms with Gasteiger partial charge in [0, 0.05) is 25.7 Å². The van der Waals surface area contributed by atoms with Crippen LogP contribution in [0.5, 0.6) is 0 Å². The summed E-state index contributed by atoms with van der Waals surface area (Å²) < 4.78 is 0. The normalized spacial score (nSPS) is 18.7. The summed E-state index contributed by atoms with van der Waals surface area (Å²) in [5.74, 6) is -5.22. The van der Waals surface area contributed by atoms with Crippen molar-refractivity contribution >= 4 is 35.6 Å². The van der Waals surface area contributed by atoms with Crippen LogP contribution in [0.1, 0.15) is 39.5 Å². The Bertz CT molecular complexity index is 539. The van der Waals surface area contributed by atoms with Crippen molar-refractivity contribution < 1.29 is 38.4 Å². The number of hydrogen-bond donors (Lipinski definition) is 0. The maximum absolute atomic E-state index is 12.0. The van der Waals surface area contributed by atoms with Gasteiger partial charge in [0.25, 0.3) is 23.6 Å². The average Bonchev–Trinajstić information content (AvgIpc) is 2.96. The van der Waals surface area contributed by atoms with Crippen LogP contribution in [0, 0.1) is 5.41 Å². The van der Waals surface area contributed by atoms with Crippen LogP contribution < -0.4 is 0 Å². The zero-order valence-corrected chi connectivity index (χ0v) is 12.5. The van der Waals surface area contributed by atoms with E-state index in [0.29, 0.717) is 10.1 Å². The molecule has 2 aliphatic rings. The predicted molar refractivity (Wildman–Crippen MR) is 68.1 cm³/mol. The Morgan fingerprint density at radius 1 is 0.739 bits per heavy atom. The molecule has 0 aromatic heterocycles. The minimum absolute atomic E-state index is 0.0895. The number of nitrogens with zero attached hydrogens (tertiary/aromatic N) is 2. The molecule has 0 aliphatic carbocycles. The maximum Gasteiger partial charge on any atom is 0.349 e. The van der Waals surface area contributed by atoms with Gasteiger partial charge in [-0.05, 0) is 13.8 Å². The van der Waals surface area contributed by atoms with Crippen molar-refractivity contribution in [2.75, 3.05) is 0 Å². The monoisotopic (exact) mass is 326 g/mol. The third-order valence-corrected chi connectivity index (χ3v) is 3.38. The summed E-state index contributed by atoms with van der Waals surface area (Å²) in [7, 11) is 0. The summed E-state index contributed by atoms with van der Waals surface area (Å²) in [4.78, 5) is 78.9. The Kier molecular flexibility index (Phi) is 4.17. The Morgan fingerprint density at radius 2 is 1.00 bits per heavy atom. The molecule has 0 aromatic rings.